The molecule has 4 atom stereocenters. The van der Waals surface area contributed by atoms with Crippen LogP contribution in [0.2, 0.25) is 0 Å². The summed E-state index contributed by atoms with van der Waals surface area (Å²) in [5.41, 5.74) is -2.77. The quantitative estimate of drug-likeness (QED) is 0.509. The number of halogens is 1. The number of aliphatic hydroxyl groups is 1. The Morgan fingerprint density at radius 3 is 2.73 bits per heavy atom. The van der Waals surface area contributed by atoms with E-state index in [1.807, 2.05) is 0 Å². The fourth-order valence-electron chi connectivity index (χ4n) is 1.76. The molecule has 1 aliphatic heterocycles. The predicted molar refractivity (Wildman–Crippen MR) is 36.6 cm³/mol. The van der Waals surface area contributed by atoms with Crippen LogP contribution in [0.15, 0.2) is 0 Å². The highest BCUT2D eigenvalue weighted by Crippen LogP contribution is 2.62. The molecule has 11 heavy (non-hydrogen) atoms. The standard InChI is InChI=1S/C8H9FO2/c1-3-7-4-8(7,9)6(10)5(2)11-7/h1,5-6,10H,4H2,2H3. The molecule has 1 saturated heterocycles. The average molecular weight is 156 g/mol. The fraction of sp³-hybridized carbons (Fsp3) is 0.750. The van der Waals surface area contributed by atoms with Gasteiger partial charge in [0.1, 0.15) is 6.10 Å². The molecule has 1 saturated carbocycles. The molecule has 0 spiro atoms. The molecule has 0 aromatic heterocycles. The van der Waals surface area contributed by atoms with Crippen LogP contribution in [-0.2, 0) is 4.74 Å². The number of aliphatic hydroxyl groups excluding tert-OH is 1. The highest BCUT2D eigenvalue weighted by atomic mass is 19.1. The van der Waals surface area contributed by atoms with Crippen LogP contribution in [-0.4, -0.2) is 28.6 Å². The summed E-state index contributed by atoms with van der Waals surface area (Å²) in [5.74, 6) is 2.26. The lowest BCUT2D eigenvalue weighted by Crippen LogP contribution is -2.30. The van der Waals surface area contributed by atoms with Crippen molar-refractivity contribution in [3.8, 4) is 12.3 Å². The first-order valence-electron chi connectivity index (χ1n) is 3.58. The molecule has 0 amide bonds. The second-order valence-electron chi connectivity index (χ2n) is 3.28. The number of rotatable bonds is 0. The number of hydrogen-bond donors (Lipinski definition) is 1. The molecule has 3 heteroatoms. The van der Waals surface area contributed by atoms with E-state index in [0.717, 1.165) is 0 Å². The zero-order chi connectivity index (χ0) is 8.28. The molecule has 1 N–H and O–H groups in total. The molecule has 0 aromatic rings. The van der Waals surface area contributed by atoms with Crippen molar-refractivity contribution < 1.29 is 14.2 Å². The van der Waals surface area contributed by atoms with Gasteiger partial charge in [-0.15, -0.1) is 6.42 Å². The van der Waals surface area contributed by atoms with Gasteiger partial charge in [-0.2, -0.15) is 0 Å². The molecule has 0 bridgehead atoms. The lowest BCUT2D eigenvalue weighted by atomic mass is 10.1. The van der Waals surface area contributed by atoms with Gasteiger partial charge in [-0.3, -0.25) is 0 Å². The molecular weight excluding hydrogens is 147 g/mol. The Hall–Kier alpha value is -0.590. The summed E-state index contributed by atoms with van der Waals surface area (Å²) in [7, 11) is 0. The molecule has 2 aliphatic rings. The van der Waals surface area contributed by atoms with Crippen LogP contribution in [0.1, 0.15) is 13.3 Å². The lowest BCUT2D eigenvalue weighted by molar-refractivity contribution is -0.00880. The number of fused-ring (bicyclic) bond motifs is 1. The van der Waals surface area contributed by atoms with E-state index in [1.54, 1.807) is 6.92 Å². The molecule has 2 rings (SSSR count). The van der Waals surface area contributed by atoms with Crippen molar-refractivity contribution in [1.82, 2.24) is 0 Å². The van der Waals surface area contributed by atoms with Crippen LogP contribution in [0.3, 0.4) is 0 Å². The van der Waals surface area contributed by atoms with Crippen LogP contribution in [0.4, 0.5) is 4.39 Å². The minimum absolute atomic E-state index is 0.141. The maximum absolute atomic E-state index is 13.5. The monoisotopic (exact) mass is 156 g/mol. The first-order valence-corrected chi connectivity index (χ1v) is 3.58. The number of hydrogen-bond acceptors (Lipinski definition) is 2. The number of ether oxygens (including phenoxy) is 1. The lowest BCUT2D eigenvalue weighted by Gasteiger charge is -2.12. The molecule has 2 fully saturated rings. The molecule has 2 nitrogen and oxygen atoms in total. The van der Waals surface area contributed by atoms with E-state index < -0.39 is 23.5 Å². The van der Waals surface area contributed by atoms with Gasteiger partial charge in [-0.25, -0.2) is 4.39 Å². The topological polar surface area (TPSA) is 29.5 Å². The van der Waals surface area contributed by atoms with Crippen molar-refractivity contribution in [2.75, 3.05) is 0 Å². The summed E-state index contributed by atoms with van der Waals surface area (Å²) in [4.78, 5) is 0. The summed E-state index contributed by atoms with van der Waals surface area (Å²) in [6.45, 7) is 1.62. The largest absolute Gasteiger partial charge is 0.387 e. The maximum Gasteiger partial charge on any atom is 0.183 e. The molecule has 4 unspecified atom stereocenters. The summed E-state index contributed by atoms with van der Waals surface area (Å²) < 4.78 is 18.6. The Morgan fingerprint density at radius 1 is 1.82 bits per heavy atom. The van der Waals surface area contributed by atoms with Crippen LogP contribution < -0.4 is 0 Å². The van der Waals surface area contributed by atoms with Gasteiger partial charge in [-0.05, 0) is 6.92 Å². The summed E-state index contributed by atoms with van der Waals surface area (Å²) >= 11 is 0. The normalized spacial score (nSPS) is 60.2. The van der Waals surface area contributed by atoms with Gasteiger partial charge in [0.15, 0.2) is 11.3 Å². The van der Waals surface area contributed by atoms with Crippen molar-refractivity contribution in [2.45, 2.75) is 36.8 Å². The first kappa shape index (κ1) is 7.08. The molecular formula is C8H9FO2. The second-order valence-corrected chi connectivity index (χ2v) is 3.28. The van der Waals surface area contributed by atoms with Crippen molar-refractivity contribution >= 4 is 0 Å². The van der Waals surface area contributed by atoms with Gasteiger partial charge >= 0.3 is 0 Å². The Kier molecular flexibility index (Phi) is 1.03. The van der Waals surface area contributed by atoms with E-state index in [4.69, 9.17) is 11.2 Å². The van der Waals surface area contributed by atoms with E-state index in [1.165, 1.54) is 0 Å². The zero-order valence-electron chi connectivity index (χ0n) is 6.17. The fourth-order valence-corrected chi connectivity index (χ4v) is 1.76. The highest BCUT2D eigenvalue weighted by molar-refractivity contribution is 5.39. The SMILES string of the molecule is C#CC12CC1(F)C(O)C(C)O2. The summed E-state index contributed by atoms with van der Waals surface area (Å²) in [6, 6.07) is 0. The third kappa shape index (κ3) is 0.559. The van der Waals surface area contributed by atoms with E-state index in [0.29, 0.717) is 0 Å². The van der Waals surface area contributed by atoms with Gasteiger partial charge in [0.2, 0.25) is 0 Å². The maximum atomic E-state index is 13.5. The van der Waals surface area contributed by atoms with Gasteiger partial charge in [0, 0.05) is 6.42 Å². The van der Waals surface area contributed by atoms with Gasteiger partial charge in [0.25, 0.3) is 0 Å². The minimum Gasteiger partial charge on any atom is -0.387 e. The second kappa shape index (κ2) is 1.60. The Balaban J connectivity index is 2.32. The number of terminal acetylenes is 1. The third-order valence-electron chi connectivity index (χ3n) is 2.59. The molecule has 1 heterocycles. The zero-order valence-corrected chi connectivity index (χ0v) is 6.17. The Morgan fingerprint density at radius 2 is 2.45 bits per heavy atom. The molecule has 0 aromatic carbocycles. The van der Waals surface area contributed by atoms with E-state index >= 15 is 0 Å². The smallest absolute Gasteiger partial charge is 0.183 e. The number of alkyl halides is 1. The van der Waals surface area contributed by atoms with Crippen LogP contribution in [0.5, 0.6) is 0 Å². The highest BCUT2D eigenvalue weighted by Gasteiger charge is 2.80. The summed E-state index contributed by atoms with van der Waals surface area (Å²) in [5, 5.41) is 9.27. The van der Waals surface area contributed by atoms with E-state index in [-0.39, 0.29) is 6.42 Å². The van der Waals surface area contributed by atoms with Crippen molar-refractivity contribution in [3.63, 3.8) is 0 Å². The van der Waals surface area contributed by atoms with Crippen LogP contribution in [0, 0.1) is 12.3 Å². The van der Waals surface area contributed by atoms with Crippen LogP contribution in [0.25, 0.3) is 0 Å². The van der Waals surface area contributed by atoms with Gasteiger partial charge < -0.3 is 9.84 Å². The van der Waals surface area contributed by atoms with E-state index in [2.05, 4.69) is 5.92 Å². The van der Waals surface area contributed by atoms with E-state index in [9.17, 15) is 9.50 Å². The van der Waals surface area contributed by atoms with Gasteiger partial charge in [0.05, 0.1) is 6.10 Å². The predicted octanol–water partition coefficient (Wildman–Crippen LogP) is 0.250. The molecule has 0 radical (unpaired) electrons. The van der Waals surface area contributed by atoms with Crippen molar-refractivity contribution in [1.29, 1.82) is 0 Å². The third-order valence-corrected chi connectivity index (χ3v) is 2.59. The molecule has 60 valence electrons. The molecule has 1 aliphatic carbocycles. The average Bonchev–Trinajstić information content (AvgIpc) is 2.51. The van der Waals surface area contributed by atoms with Crippen molar-refractivity contribution in [2.24, 2.45) is 0 Å². The minimum atomic E-state index is -1.67. The summed E-state index contributed by atoms with van der Waals surface area (Å²) in [6.07, 6.45) is 3.70. The van der Waals surface area contributed by atoms with Gasteiger partial charge in [-0.1, -0.05) is 5.92 Å². The first-order chi connectivity index (χ1) is 5.06. The Labute approximate surface area is 64.4 Å². The van der Waals surface area contributed by atoms with Crippen LogP contribution >= 0.6 is 0 Å². The van der Waals surface area contributed by atoms with Crippen molar-refractivity contribution in [3.05, 3.63) is 0 Å². The Bertz CT molecular complexity index is 247.